The summed E-state index contributed by atoms with van der Waals surface area (Å²) in [4.78, 5) is 5.42. The lowest BCUT2D eigenvalue weighted by molar-refractivity contribution is 1.31. The maximum absolute atomic E-state index is 8.64. The van der Waals surface area contributed by atoms with Gasteiger partial charge in [-0.15, -0.1) is 22.7 Å². The summed E-state index contributed by atoms with van der Waals surface area (Å²) in [5.74, 6) is 0. The normalized spacial score (nSPS) is 9.85. The fraction of sp³-hybridized carbons (Fsp3) is 0.111. The molecule has 0 saturated carbocycles. The molecule has 0 fully saturated rings. The van der Waals surface area contributed by atoms with Crippen LogP contribution in [0.4, 0.5) is 0 Å². The largest absolute Gasteiger partial charge is 0.241 e. The Bertz CT molecular complexity index is 462. The molecule has 0 spiro atoms. The monoisotopic (exact) mass is 206 g/mol. The lowest BCUT2D eigenvalue weighted by Gasteiger charge is -1.85. The minimum atomic E-state index is 0.714. The molecule has 0 radical (unpaired) electrons. The van der Waals surface area contributed by atoms with Crippen molar-refractivity contribution in [1.82, 2.24) is 4.98 Å². The number of aryl methyl sites for hydroxylation is 1. The maximum atomic E-state index is 8.64. The molecule has 0 unspecified atom stereocenters. The number of aromatic nitrogens is 1. The number of hydrogen-bond acceptors (Lipinski definition) is 4. The van der Waals surface area contributed by atoms with Crippen molar-refractivity contribution in [3.8, 4) is 16.6 Å². The Morgan fingerprint density at radius 3 is 2.77 bits per heavy atom. The van der Waals surface area contributed by atoms with Crippen molar-refractivity contribution in [2.24, 2.45) is 0 Å². The molecule has 0 aliphatic rings. The maximum Gasteiger partial charge on any atom is 0.100 e. The highest BCUT2D eigenvalue weighted by Crippen LogP contribution is 2.27. The van der Waals surface area contributed by atoms with E-state index in [1.807, 2.05) is 23.8 Å². The Balaban J connectivity index is 2.42. The highest BCUT2D eigenvalue weighted by Gasteiger charge is 2.04. The van der Waals surface area contributed by atoms with Crippen molar-refractivity contribution in [1.29, 1.82) is 5.26 Å². The molecule has 0 atom stereocenters. The van der Waals surface area contributed by atoms with Crippen molar-refractivity contribution in [2.75, 3.05) is 0 Å². The standard InChI is InChI=1S/C9H6N2S2/c1-6-11-8(5-12-6)9-2-7(3-10)4-13-9/h2,4-5H,1H3. The summed E-state index contributed by atoms with van der Waals surface area (Å²) in [6.07, 6.45) is 0. The van der Waals surface area contributed by atoms with E-state index in [0.717, 1.165) is 15.6 Å². The van der Waals surface area contributed by atoms with Crippen LogP contribution in [0.3, 0.4) is 0 Å². The summed E-state index contributed by atoms with van der Waals surface area (Å²) in [7, 11) is 0. The van der Waals surface area contributed by atoms with Gasteiger partial charge in [-0.1, -0.05) is 0 Å². The minimum absolute atomic E-state index is 0.714. The van der Waals surface area contributed by atoms with Crippen LogP contribution in [0.15, 0.2) is 16.8 Å². The van der Waals surface area contributed by atoms with Gasteiger partial charge in [0.1, 0.15) is 6.07 Å². The van der Waals surface area contributed by atoms with Gasteiger partial charge in [0.05, 0.1) is 21.1 Å². The SMILES string of the molecule is Cc1nc(-c2cc(C#N)cs2)cs1. The Labute approximate surface area is 84.1 Å². The first kappa shape index (κ1) is 8.42. The molecule has 2 rings (SSSR count). The van der Waals surface area contributed by atoms with Crippen molar-refractivity contribution >= 4 is 22.7 Å². The molecule has 2 nitrogen and oxygen atoms in total. The van der Waals surface area contributed by atoms with Gasteiger partial charge in [0.15, 0.2) is 0 Å². The summed E-state index contributed by atoms with van der Waals surface area (Å²) in [6, 6.07) is 3.98. The molecular formula is C9H6N2S2. The second kappa shape index (κ2) is 3.29. The van der Waals surface area contributed by atoms with E-state index in [-0.39, 0.29) is 0 Å². The molecule has 2 aromatic rings. The quantitative estimate of drug-likeness (QED) is 0.719. The van der Waals surface area contributed by atoms with Gasteiger partial charge in [0.25, 0.3) is 0 Å². The zero-order valence-corrected chi connectivity index (χ0v) is 8.58. The van der Waals surface area contributed by atoms with Gasteiger partial charge in [-0.25, -0.2) is 4.98 Å². The van der Waals surface area contributed by atoms with Crippen LogP contribution < -0.4 is 0 Å². The van der Waals surface area contributed by atoms with E-state index in [9.17, 15) is 0 Å². The molecule has 2 heterocycles. The zero-order valence-electron chi connectivity index (χ0n) is 6.94. The second-order valence-corrected chi connectivity index (χ2v) is 4.54. The number of nitrogens with zero attached hydrogens (tertiary/aromatic N) is 2. The number of hydrogen-bond donors (Lipinski definition) is 0. The third-order valence-corrected chi connectivity index (χ3v) is 3.33. The number of nitriles is 1. The van der Waals surface area contributed by atoms with Crippen LogP contribution in [0.5, 0.6) is 0 Å². The van der Waals surface area contributed by atoms with Gasteiger partial charge in [0.2, 0.25) is 0 Å². The van der Waals surface area contributed by atoms with Crippen LogP contribution in [-0.2, 0) is 0 Å². The van der Waals surface area contributed by atoms with Gasteiger partial charge in [-0.2, -0.15) is 5.26 Å². The van der Waals surface area contributed by atoms with Gasteiger partial charge in [0, 0.05) is 10.8 Å². The van der Waals surface area contributed by atoms with E-state index < -0.39 is 0 Å². The van der Waals surface area contributed by atoms with E-state index in [4.69, 9.17) is 5.26 Å². The fourth-order valence-electron chi connectivity index (χ4n) is 1.01. The van der Waals surface area contributed by atoms with Crippen molar-refractivity contribution in [3.05, 3.63) is 27.4 Å². The highest BCUT2D eigenvalue weighted by atomic mass is 32.1. The molecule has 13 heavy (non-hydrogen) atoms. The number of thiophene rings is 1. The van der Waals surface area contributed by atoms with E-state index in [1.165, 1.54) is 0 Å². The summed E-state index contributed by atoms with van der Waals surface area (Å²) in [5.41, 5.74) is 1.69. The Hall–Kier alpha value is -1.18. The summed E-state index contributed by atoms with van der Waals surface area (Å²) in [6.45, 7) is 1.98. The van der Waals surface area contributed by atoms with Gasteiger partial charge in [-0.3, -0.25) is 0 Å². The first-order valence-corrected chi connectivity index (χ1v) is 5.46. The highest BCUT2D eigenvalue weighted by molar-refractivity contribution is 7.14. The van der Waals surface area contributed by atoms with Crippen LogP contribution in [0.1, 0.15) is 10.6 Å². The Kier molecular flexibility index (Phi) is 2.13. The van der Waals surface area contributed by atoms with Gasteiger partial charge < -0.3 is 0 Å². The van der Waals surface area contributed by atoms with E-state index in [1.54, 1.807) is 22.7 Å². The van der Waals surface area contributed by atoms with Crippen LogP contribution in [0, 0.1) is 18.3 Å². The lowest BCUT2D eigenvalue weighted by Crippen LogP contribution is -1.71. The average Bonchev–Trinajstić information content (AvgIpc) is 2.71. The number of rotatable bonds is 1. The molecule has 0 amide bonds. The Morgan fingerprint density at radius 2 is 2.23 bits per heavy atom. The van der Waals surface area contributed by atoms with Gasteiger partial charge >= 0.3 is 0 Å². The molecule has 0 aromatic carbocycles. The van der Waals surface area contributed by atoms with Crippen molar-refractivity contribution < 1.29 is 0 Å². The first-order valence-electron chi connectivity index (χ1n) is 3.71. The van der Waals surface area contributed by atoms with E-state index in [0.29, 0.717) is 5.56 Å². The van der Waals surface area contributed by atoms with Crippen molar-refractivity contribution in [2.45, 2.75) is 6.92 Å². The van der Waals surface area contributed by atoms with Crippen LogP contribution >= 0.6 is 22.7 Å². The smallest absolute Gasteiger partial charge is 0.100 e. The zero-order chi connectivity index (χ0) is 9.26. The molecule has 4 heteroatoms. The minimum Gasteiger partial charge on any atom is -0.241 e. The van der Waals surface area contributed by atoms with Crippen LogP contribution in [-0.4, -0.2) is 4.98 Å². The van der Waals surface area contributed by atoms with Crippen LogP contribution in [0.25, 0.3) is 10.6 Å². The molecule has 0 saturated heterocycles. The Morgan fingerprint density at radius 1 is 1.38 bits per heavy atom. The molecule has 0 aliphatic heterocycles. The predicted molar refractivity (Wildman–Crippen MR) is 54.9 cm³/mol. The summed E-state index contributed by atoms with van der Waals surface area (Å²) in [5, 5.41) is 13.6. The molecule has 0 bridgehead atoms. The van der Waals surface area contributed by atoms with Crippen LogP contribution in [0.2, 0.25) is 0 Å². The van der Waals surface area contributed by atoms with E-state index >= 15 is 0 Å². The van der Waals surface area contributed by atoms with Crippen molar-refractivity contribution in [3.63, 3.8) is 0 Å². The average molecular weight is 206 g/mol. The first-order chi connectivity index (χ1) is 6.29. The molecule has 0 N–H and O–H groups in total. The summed E-state index contributed by atoms with van der Waals surface area (Å²) < 4.78 is 0. The third kappa shape index (κ3) is 1.62. The molecule has 2 aromatic heterocycles. The van der Waals surface area contributed by atoms with Gasteiger partial charge in [-0.05, 0) is 13.0 Å². The molecule has 0 aliphatic carbocycles. The lowest BCUT2D eigenvalue weighted by atomic mass is 10.3. The molecule has 64 valence electrons. The second-order valence-electron chi connectivity index (χ2n) is 2.56. The predicted octanol–water partition coefficient (Wildman–Crippen LogP) is 3.05. The van der Waals surface area contributed by atoms with E-state index in [2.05, 4.69) is 11.1 Å². The fourth-order valence-corrected chi connectivity index (χ4v) is 2.49. The number of thiazole rings is 1. The summed E-state index contributed by atoms with van der Waals surface area (Å²) >= 11 is 3.19. The molecular weight excluding hydrogens is 200 g/mol. The third-order valence-electron chi connectivity index (χ3n) is 1.60. The topological polar surface area (TPSA) is 36.7 Å².